The number of amides is 1. The molecule has 4 heterocycles. The Morgan fingerprint density at radius 2 is 2.02 bits per heavy atom. The standard InChI is InChI=1S/C33H50N8O12P2SSi/c1-19(2)29(43)39-32-38-28-25(30(44)40-32)37-18-41(28)31-27(26(23(15-42)50-31)53-57(6,7)33(3,4)5)52-55(56,47-12-8-10-34)48-16-20-13-21(14-22(20)51-54(45)46)49-24-9-11-35-17-36-24/h9,11,17-23,26-27,31,42,54H,8,12-16H2,1-7H3,(H,45,46)(H2,38,39,40,43,44)/t20-,21-,22+,23-,26-,27-,31-,55-/m1/s1. The van der Waals surface area contributed by atoms with Crippen molar-refractivity contribution in [1.29, 1.82) is 5.26 Å². The number of imidazole rings is 1. The molecule has 0 bridgehead atoms. The van der Waals surface area contributed by atoms with Crippen LogP contribution in [0.15, 0.2) is 29.7 Å². The van der Waals surface area contributed by atoms with Gasteiger partial charge in [0.1, 0.15) is 30.7 Å². The first-order valence-electron chi connectivity index (χ1n) is 18.3. The first-order chi connectivity index (χ1) is 26.8. The maximum atomic E-state index is 13.2. The Morgan fingerprint density at radius 3 is 2.65 bits per heavy atom. The topological polar surface area (TPSA) is 264 Å². The first-order valence-corrected chi connectivity index (χ1v) is 25.1. The van der Waals surface area contributed by atoms with Crippen molar-refractivity contribution in [1.82, 2.24) is 29.5 Å². The average Bonchev–Trinajstić information content (AvgIpc) is 3.82. The Kier molecular flexibility index (Phi) is 15.0. The highest BCUT2D eigenvalue weighted by Gasteiger charge is 2.54. The summed E-state index contributed by atoms with van der Waals surface area (Å²) in [5, 5.41) is 22.4. The summed E-state index contributed by atoms with van der Waals surface area (Å²) >= 11 is 6.02. The second kappa shape index (κ2) is 18.9. The maximum absolute atomic E-state index is 13.2. The van der Waals surface area contributed by atoms with E-state index in [1.54, 1.807) is 19.9 Å². The number of carbonyl (C=O) groups is 1. The minimum absolute atomic E-state index is 0.0283. The van der Waals surface area contributed by atoms with Crippen LogP contribution in [0.4, 0.5) is 5.95 Å². The molecule has 2 fully saturated rings. The molecule has 0 aromatic carbocycles. The minimum atomic E-state index is -3.90. The Morgan fingerprint density at radius 1 is 1.26 bits per heavy atom. The third-order valence-electron chi connectivity index (χ3n) is 10.0. The van der Waals surface area contributed by atoms with E-state index in [2.05, 4.69) is 30.2 Å². The summed E-state index contributed by atoms with van der Waals surface area (Å²) in [6, 6.07) is 3.60. The predicted molar refractivity (Wildman–Crippen MR) is 211 cm³/mol. The molecule has 0 spiro atoms. The Balaban J connectivity index is 1.52. The lowest BCUT2D eigenvalue weighted by atomic mass is 10.1. The van der Waals surface area contributed by atoms with E-state index in [4.69, 9.17) is 43.8 Å². The van der Waals surface area contributed by atoms with Gasteiger partial charge in [-0.2, -0.15) is 10.2 Å². The van der Waals surface area contributed by atoms with Crippen LogP contribution in [0.1, 0.15) is 60.1 Å². The van der Waals surface area contributed by atoms with Crippen LogP contribution in [0, 0.1) is 23.2 Å². The van der Waals surface area contributed by atoms with Crippen LogP contribution in [-0.4, -0.2) is 104 Å². The minimum Gasteiger partial charge on any atom is -0.474 e. The van der Waals surface area contributed by atoms with Crippen molar-refractivity contribution in [3.8, 4) is 11.9 Å². The molecule has 1 amide bonds. The third-order valence-corrected chi connectivity index (χ3v) is 17.4. The number of aromatic amines is 1. The van der Waals surface area contributed by atoms with E-state index < -0.39 is 84.0 Å². The predicted octanol–water partition coefficient (Wildman–Crippen LogP) is 3.97. The number of aliphatic hydroxyl groups excluding tert-OH is 1. The number of fused-ring (bicyclic) bond motifs is 1. The number of carbonyl (C=O) groups excluding carboxylic acids is 1. The number of H-pyrrole nitrogens is 1. The monoisotopic (exact) mass is 872 g/mol. The summed E-state index contributed by atoms with van der Waals surface area (Å²) in [4.78, 5) is 54.7. The zero-order valence-corrected chi connectivity index (χ0v) is 36.4. The van der Waals surface area contributed by atoms with Gasteiger partial charge in [0.2, 0.25) is 17.7 Å². The number of rotatable bonds is 18. The van der Waals surface area contributed by atoms with Crippen LogP contribution in [0.2, 0.25) is 18.1 Å². The zero-order valence-electron chi connectivity index (χ0n) is 32.7. The van der Waals surface area contributed by atoms with E-state index in [1.807, 2.05) is 39.9 Å². The molecule has 3 aromatic rings. The van der Waals surface area contributed by atoms with Gasteiger partial charge in [-0.1, -0.05) is 34.6 Å². The summed E-state index contributed by atoms with van der Waals surface area (Å²) in [6.07, 6.45) is -0.857. The quantitative estimate of drug-likeness (QED) is 0.0800. The normalized spacial score (nSPS) is 25.7. The lowest BCUT2D eigenvalue weighted by molar-refractivity contribution is -0.118. The van der Waals surface area contributed by atoms with Crippen molar-refractivity contribution >= 4 is 58.1 Å². The molecule has 5 rings (SSSR count). The summed E-state index contributed by atoms with van der Waals surface area (Å²) in [5.74, 6) is -1.12. The average molecular weight is 873 g/mol. The van der Waals surface area contributed by atoms with Gasteiger partial charge in [0.25, 0.3) is 5.56 Å². The van der Waals surface area contributed by atoms with Crippen LogP contribution >= 0.6 is 15.0 Å². The second-order valence-corrected chi connectivity index (χ2v) is 24.0. The highest BCUT2D eigenvalue weighted by atomic mass is 32.5. The summed E-state index contributed by atoms with van der Waals surface area (Å²) in [6.45, 7) is 8.83. The van der Waals surface area contributed by atoms with Crippen LogP contribution in [0.5, 0.6) is 5.88 Å². The first kappa shape index (κ1) is 45.1. The number of nitriles is 1. The molecule has 1 saturated carbocycles. The third kappa shape index (κ3) is 11.2. The van der Waals surface area contributed by atoms with Crippen molar-refractivity contribution in [2.45, 2.75) is 109 Å². The Labute approximate surface area is 336 Å². The van der Waals surface area contributed by atoms with Gasteiger partial charge in [0.15, 0.2) is 25.7 Å². The van der Waals surface area contributed by atoms with Gasteiger partial charge in [0.05, 0.1) is 44.7 Å². The van der Waals surface area contributed by atoms with Gasteiger partial charge >= 0.3 is 15.0 Å². The molecule has 314 valence electrons. The summed E-state index contributed by atoms with van der Waals surface area (Å²) < 4.78 is 57.1. The van der Waals surface area contributed by atoms with E-state index in [0.29, 0.717) is 12.3 Å². The fourth-order valence-corrected chi connectivity index (χ4v) is 10.0. The lowest BCUT2D eigenvalue weighted by Gasteiger charge is -2.41. The number of nitrogens with one attached hydrogen (secondary N) is 2. The number of ether oxygens (including phenoxy) is 2. The van der Waals surface area contributed by atoms with Crippen LogP contribution in [0.25, 0.3) is 11.2 Å². The molecule has 4 N–H and O–H groups in total. The van der Waals surface area contributed by atoms with E-state index in [1.165, 1.54) is 23.4 Å². The molecule has 3 aromatic heterocycles. The van der Waals surface area contributed by atoms with Crippen molar-refractivity contribution in [3.05, 3.63) is 35.3 Å². The number of aliphatic hydroxyl groups is 1. The number of hydrogen-bond acceptors (Lipinski definition) is 17. The molecule has 1 aliphatic heterocycles. The molecule has 2 aliphatic rings. The molecule has 57 heavy (non-hydrogen) atoms. The Bertz CT molecular complexity index is 2030. The highest BCUT2D eigenvalue weighted by Crippen LogP contribution is 2.56. The van der Waals surface area contributed by atoms with Crippen molar-refractivity contribution in [2.24, 2.45) is 11.8 Å². The smallest absolute Gasteiger partial charge is 0.327 e. The summed E-state index contributed by atoms with van der Waals surface area (Å²) in [7, 11) is -6.01. The van der Waals surface area contributed by atoms with Crippen LogP contribution in [-0.2, 0) is 48.4 Å². The molecule has 1 saturated heterocycles. The number of aromatic nitrogens is 6. The number of hydrogen-bond donors (Lipinski definition) is 4. The molecule has 0 radical (unpaired) electrons. The fraction of sp³-hybridized carbons (Fsp3) is 0.667. The lowest BCUT2D eigenvalue weighted by Crippen LogP contribution is -2.50. The molecule has 24 heteroatoms. The molecule has 1 aliphatic carbocycles. The maximum Gasteiger partial charge on any atom is 0.327 e. The molecule has 9 atom stereocenters. The Hall–Kier alpha value is -3.03. The van der Waals surface area contributed by atoms with Crippen LogP contribution < -0.4 is 15.6 Å². The molecule has 20 nitrogen and oxygen atoms in total. The van der Waals surface area contributed by atoms with Crippen LogP contribution in [0.3, 0.4) is 0 Å². The molecular weight excluding hydrogens is 823 g/mol. The van der Waals surface area contributed by atoms with Gasteiger partial charge in [0, 0.05) is 30.5 Å². The highest BCUT2D eigenvalue weighted by molar-refractivity contribution is 8.07. The van der Waals surface area contributed by atoms with E-state index in [-0.39, 0.29) is 54.1 Å². The number of nitrogens with zero attached hydrogens (tertiary/aromatic N) is 6. The van der Waals surface area contributed by atoms with Crippen molar-refractivity contribution in [2.75, 3.05) is 25.1 Å². The van der Waals surface area contributed by atoms with E-state index >= 15 is 0 Å². The van der Waals surface area contributed by atoms with Crippen molar-refractivity contribution < 1.29 is 51.4 Å². The van der Waals surface area contributed by atoms with E-state index in [9.17, 15) is 29.4 Å². The zero-order chi connectivity index (χ0) is 41.7. The van der Waals surface area contributed by atoms with Gasteiger partial charge in [-0.3, -0.25) is 33.5 Å². The second-order valence-electron chi connectivity index (χ2n) is 15.5. The van der Waals surface area contributed by atoms with Crippen molar-refractivity contribution in [3.63, 3.8) is 0 Å². The fourth-order valence-electron chi connectivity index (χ4n) is 6.02. The largest absolute Gasteiger partial charge is 0.474 e. The van der Waals surface area contributed by atoms with Gasteiger partial charge < -0.3 is 37.5 Å². The van der Waals surface area contributed by atoms with Gasteiger partial charge in [-0.05, 0) is 36.4 Å². The number of anilines is 1. The van der Waals surface area contributed by atoms with Gasteiger partial charge in [-0.15, -0.1) is 0 Å². The van der Waals surface area contributed by atoms with Gasteiger partial charge in [-0.25, -0.2) is 15.0 Å². The van der Waals surface area contributed by atoms with E-state index in [0.717, 1.165) is 0 Å². The SMILES string of the molecule is CC(C)C(=O)Nc1nc2c(ncn2[C@@H]2O[C@H](CO)[C@@H](O[Si](C)(C)C(C)(C)C)[C@H]2O[P@@](=S)(OCCC#N)OC[C@H]2C[C@@H](Oc3ccncn3)C[C@@H]2O[PH](=O)O)c(=O)[nH]1. The summed E-state index contributed by atoms with van der Waals surface area (Å²) in [5.41, 5.74) is -0.667. The molecule has 1 unspecified atom stereocenters. The molecular formula is C33H50N8O12P2SSi.